The molecule has 1 amide bonds. The van der Waals surface area contributed by atoms with Crippen molar-refractivity contribution in [3.8, 4) is 11.1 Å². The minimum absolute atomic E-state index is 0.0805. The first-order valence-corrected chi connectivity index (χ1v) is 11.1. The lowest BCUT2D eigenvalue weighted by atomic mass is 10.0. The molecule has 5 rings (SSSR count). The number of aryl methyl sites for hydroxylation is 1. The maximum absolute atomic E-state index is 13.7. The molecule has 0 aliphatic carbocycles. The zero-order valence-electron chi connectivity index (χ0n) is 18.9. The van der Waals surface area contributed by atoms with Crippen molar-refractivity contribution in [2.75, 3.05) is 18.4 Å². The first kappa shape index (κ1) is 21.6. The molecule has 0 unspecified atom stereocenters. The summed E-state index contributed by atoms with van der Waals surface area (Å²) in [7, 11) is 1.83. The van der Waals surface area contributed by atoms with Crippen LogP contribution in [-0.4, -0.2) is 48.2 Å². The van der Waals surface area contributed by atoms with E-state index in [9.17, 15) is 9.59 Å². The lowest BCUT2D eigenvalue weighted by Crippen LogP contribution is -2.30. The number of hydrogen-bond donors (Lipinski definition) is 1. The highest BCUT2D eigenvalue weighted by Gasteiger charge is 2.26. The highest BCUT2D eigenvalue weighted by Crippen LogP contribution is 2.24. The number of carbonyl (C=O) groups excluding carboxylic acids is 1. The Bertz CT molecular complexity index is 1420. The number of carbonyl (C=O) groups is 1. The monoisotopic (exact) mass is 455 g/mol. The molecule has 3 aromatic heterocycles. The number of anilines is 2. The zero-order chi connectivity index (χ0) is 23.7. The number of amides is 1. The predicted octanol–water partition coefficient (Wildman–Crippen LogP) is 2.97. The molecule has 1 fully saturated rings. The van der Waals surface area contributed by atoms with Crippen LogP contribution < -0.4 is 10.9 Å². The Morgan fingerprint density at radius 3 is 2.82 bits per heavy atom. The molecule has 9 heteroatoms. The Morgan fingerprint density at radius 1 is 1.26 bits per heavy atom. The van der Waals surface area contributed by atoms with Crippen LogP contribution in [0.3, 0.4) is 0 Å². The fourth-order valence-electron chi connectivity index (χ4n) is 4.40. The Kier molecular flexibility index (Phi) is 5.67. The average Bonchev–Trinajstić information content (AvgIpc) is 3.49. The number of nitrogens with zero attached hydrogens (tertiary/aromatic N) is 6. The minimum Gasteiger partial charge on any atom is -0.339 e. The van der Waals surface area contributed by atoms with E-state index in [1.165, 1.54) is 6.08 Å². The molecule has 1 saturated heterocycles. The van der Waals surface area contributed by atoms with Gasteiger partial charge in [0, 0.05) is 50.0 Å². The summed E-state index contributed by atoms with van der Waals surface area (Å²) in [5.74, 6) is 0.444. The molecule has 1 aliphatic rings. The summed E-state index contributed by atoms with van der Waals surface area (Å²) in [5.41, 5.74) is 2.64. The molecule has 0 saturated carbocycles. The number of rotatable bonds is 6. The molecule has 0 radical (unpaired) electrons. The third-order valence-corrected chi connectivity index (χ3v) is 6.09. The van der Waals surface area contributed by atoms with Crippen molar-refractivity contribution >= 4 is 28.6 Å². The number of pyridine rings is 1. The second-order valence-electron chi connectivity index (χ2n) is 8.48. The van der Waals surface area contributed by atoms with E-state index in [-0.39, 0.29) is 17.4 Å². The Hall–Kier alpha value is -4.27. The fraction of sp³-hybridized carbons (Fsp3) is 0.240. The van der Waals surface area contributed by atoms with Gasteiger partial charge in [0.15, 0.2) is 0 Å². The van der Waals surface area contributed by atoms with Gasteiger partial charge in [-0.15, -0.1) is 0 Å². The molecule has 1 aromatic carbocycles. The van der Waals surface area contributed by atoms with Gasteiger partial charge in [-0.25, -0.2) is 4.98 Å². The molecule has 4 heterocycles. The van der Waals surface area contributed by atoms with Crippen molar-refractivity contribution in [2.24, 2.45) is 13.0 Å². The summed E-state index contributed by atoms with van der Waals surface area (Å²) in [5, 5.41) is 8.07. The Balaban J connectivity index is 1.57. The SMILES string of the molecule is C=CC(=O)N1CC[C@@H](Cn2c(=O)c(-c3ccccc3)cc3cnc(Nc4cnn(C)c4)nc32)C1. The van der Waals surface area contributed by atoms with Gasteiger partial charge >= 0.3 is 0 Å². The van der Waals surface area contributed by atoms with Crippen molar-refractivity contribution in [2.45, 2.75) is 13.0 Å². The van der Waals surface area contributed by atoms with Crippen molar-refractivity contribution in [3.05, 3.63) is 78.0 Å². The van der Waals surface area contributed by atoms with Gasteiger partial charge in [0.1, 0.15) is 5.65 Å². The van der Waals surface area contributed by atoms with Crippen LogP contribution in [0.4, 0.5) is 11.6 Å². The smallest absolute Gasteiger partial charge is 0.260 e. The molecule has 1 N–H and O–H groups in total. The topological polar surface area (TPSA) is 97.9 Å². The van der Waals surface area contributed by atoms with E-state index >= 15 is 0 Å². The van der Waals surface area contributed by atoms with E-state index in [2.05, 4.69) is 22.0 Å². The maximum Gasteiger partial charge on any atom is 0.260 e. The number of fused-ring (bicyclic) bond motifs is 1. The lowest BCUT2D eigenvalue weighted by Gasteiger charge is -2.17. The molecule has 172 valence electrons. The minimum atomic E-state index is -0.113. The average molecular weight is 456 g/mol. The van der Waals surface area contributed by atoms with Crippen LogP contribution in [0, 0.1) is 5.92 Å². The van der Waals surface area contributed by atoms with Crippen LogP contribution in [0.2, 0.25) is 0 Å². The number of nitrogens with one attached hydrogen (secondary N) is 1. The lowest BCUT2D eigenvalue weighted by molar-refractivity contribution is -0.125. The van der Waals surface area contributed by atoms with E-state index in [1.807, 2.05) is 49.6 Å². The van der Waals surface area contributed by atoms with Crippen molar-refractivity contribution in [1.29, 1.82) is 0 Å². The summed E-state index contributed by atoms with van der Waals surface area (Å²) in [4.78, 5) is 36.7. The first-order chi connectivity index (χ1) is 16.5. The van der Waals surface area contributed by atoms with E-state index < -0.39 is 0 Å². The van der Waals surface area contributed by atoms with E-state index in [0.29, 0.717) is 36.8 Å². The first-order valence-electron chi connectivity index (χ1n) is 11.1. The summed E-state index contributed by atoms with van der Waals surface area (Å²) in [6, 6.07) is 11.4. The van der Waals surface area contributed by atoms with Gasteiger partial charge in [0.05, 0.1) is 11.9 Å². The van der Waals surface area contributed by atoms with Crippen molar-refractivity contribution in [1.82, 2.24) is 29.2 Å². The van der Waals surface area contributed by atoms with Crippen LogP contribution in [0.1, 0.15) is 6.42 Å². The van der Waals surface area contributed by atoms with Crippen LogP contribution >= 0.6 is 0 Å². The molecular weight excluding hydrogens is 430 g/mol. The molecular formula is C25H25N7O2. The largest absolute Gasteiger partial charge is 0.339 e. The summed E-state index contributed by atoms with van der Waals surface area (Å²) in [6.45, 7) is 5.28. The van der Waals surface area contributed by atoms with E-state index in [1.54, 1.807) is 26.5 Å². The quantitative estimate of drug-likeness (QED) is 0.449. The normalized spacial score (nSPS) is 15.6. The number of benzene rings is 1. The van der Waals surface area contributed by atoms with Crippen LogP contribution in [0.15, 0.2) is 72.4 Å². The number of aromatic nitrogens is 5. The van der Waals surface area contributed by atoms with Crippen LogP contribution in [-0.2, 0) is 18.4 Å². The summed E-state index contributed by atoms with van der Waals surface area (Å²) in [6.07, 6.45) is 7.38. The predicted molar refractivity (Wildman–Crippen MR) is 131 cm³/mol. The van der Waals surface area contributed by atoms with Gasteiger partial charge in [-0.1, -0.05) is 36.9 Å². The van der Waals surface area contributed by atoms with Gasteiger partial charge in [-0.05, 0) is 30.0 Å². The van der Waals surface area contributed by atoms with Gasteiger partial charge in [0.25, 0.3) is 5.56 Å². The third-order valence-electron chi connectivity index (χ3n) is 6.09. The van der Waals surface area contributed by atoms with Gasteiger partial charge < -0.3 is 10.2 Å². The summed E-state index contributed by atoms with van der Waals surface area (Å²) < 4.78 is 3.40. The zero-order valence-corrected chi connectivity index (χ0v) is 18.9. The van der Waals surface area contributed by atoms with Crippen molar-refractivity contribution in [3.63, 3.8) is 0 Å². The highest BCUT2D eigenvalue weighted by atomic mass is 16.2. The third kappa shape index (κ3) is 4.19. The number of likely N-dealkylation sites (tertiary alicyclic amines) is 1. The van der Waals surface area contributed by atoms with Crippen LogP contribution in [0.25, 0.3) is 22.2 Å². The van der Waals surface area contributed by atoms with Crippen LogP contribution in [0.5, 0.6) is 0 Å². The molecule has 34 heavy (non-hydrogen) atoms. The molecule has 0 spiro atoms. The maximum atomic E-state index is 13.7. The second-order valence-corrected chi connectivity index (χ2v) is 8.48. The van der Waals surface area contributed by atoms with E-state index in [4.69, 9.17) is 4.98 Å². The Morgan fingerprint density at radius 2 is 2.09 bits per heavy atom. The fourth-order valence-corrected chi connectivity index (χ4v) is 4.40. The molecule has 1 atom stereocenters. The number of hydrogen-bond acceptors (Lipinski definition) is 6. The van der Waals surface area contributed by atoms with E-state index in [0.717, 1.165) is 23.1 Å². The second kappa shape index (κ2) is 8.93. The molecule has 0 bridgehead atoms. The molecule has 9 nitrogen and oxygen atoms in total. The standard InChI is InChI=1S/C25H25N7O2/c1-3-22(33)31-10-9-17(14-31)15-32-23-19(11-21(24(32)34)18-7-5-4-6-8-18)12-26-25(29-23)28-20-13-27-30(2)16-20/h3-8,11-13,16-17H,1,9-10,14-15H2,2H3,(H,26,28,29)/t17-/m1/s1. The summed E-state index contributed by atoms with van der Waals surface area (Å²) >= 11 is 0. The Labute approximate surface area is 196 Å². The van der Waals surface area contributed by atoms with Crippen molar-refractivity contribution < 1.29 is 4.79 Å². The van der Waals surface area contributed by atoms with Gasteiger partial charge in [0.2, 0.25) is 11.9 Å². The molecule has 1 aliphatic heterocycles. The van der Waals surface area contributed by atoms with Gasteiger partial charge in [-0.3, -0.25) is 18.8 Å². The molecule has 4 aromatic rings. The van der Waals surface area contributed by atoms with Gasteiger partial charge in [-0.2, -0.15) is 10.1 Å². The highest BCUT2D eigenvalue weighted by molar-refractivity contribution is 5.87.